The van der Waals surface area contributed by atoms with Gasteiger partial charge in [0.15, 0.2) is 0 Å². The van der Waals surface area contributed by atoms with Crippen LogP contribution in [0.1, 0.15) is 21.4 Å². The summed E-state index contributed by atoms with van der Waals surface area (Å²) in [5, 5.41) is 3.11. The largest absolute Gasteiger partial charge is 0.319 e. The molecule has 3 rings (SSSR count). The Morgan fingerprint density at radius 3 is 2.78 bits per heavy atom. The predicted molar refractivity (Wildman–Crippen MR) is 76.9 cm³/mol. The highest BCUT2D eigenvalue weighted by Gasteiger charge is 2.15. The van der Waals surface area contributed by atoms with Crippen molar-refractivity contribution in [2.75, 3.05) is 0 Å². The van der Waals surface area contributed by atoms with Gasteiger partial charge in [-0.15, -0.1) is 22.7 Å². The number of aryl methyl sites for hydroxylation is 1. The average molecular weight is 277 g/mol. The lowest BCUT2D eigenvalue weighted by Crippen LogP contribution is -2.09. The average Bonchev–Trinajstić information content (AvgIpc) is 2.93. The van der Waals surface area contributed by atoms with E-state index in [0.717, 1.165) is 15.0 Å². The molecular weight excluding hydrogens is 265 g/mol. The lowest BCUT2D eigenvalue weighted by Gasteiger charge is -2.08. The maximum Gasteiger partial charge on any atom is 0.124 e. The minimum atomic E-state index is -0.197. The third-order valence-corrected chi connectivity index (χ3v) is 5.27. The molecule has 0 saturated carbocycles. The fourth-order valence-corrected chi connectivity index (χ4v) is 4.13. The van der Waals surface area contributed by atoms with Crippen LogP contribution in [0.2, 0.25) is 0 Å². The van der Waals surface area contributed by atoms with Crippen molar-refractivity contribution in [3.8, 4) is 0 Å². The standard InChI is InChI=1S/C14H12FNS2/c1-8-4-5-17-14(8)13(16)12-6-9-2-3-10(15)7-11(9)18-12/h2-7,13H,16H2,1H3. The molecule has 1 nitrogen and oxygen atoms in total. The van der Waals surface area contributed by atoms with Crippen LogP contribution in [0.25, 0.3) is 10.1 Å². The normalized spacial score (nSPS) is 13.1. The van der Waals surface area contributed by atoms with Gasteiger partial charge in [0.1, 0.15) is 5.82 Å². The van der Waals surface area contributed by atoms with E-state index in [1.54, 1.807) is 34.8 Å². The van der Waals surface area contributed by atoms with E-state index < -0.39 is 0 Å². The van der Waals surface area contributed by atoms with Gasteiger partial charge >= 0.3 is 0 Å². The van der Waals surface area contributed by atoms with E-state index in [4.69, 9.17) is 5.73 Å². The van der Waals surface area contributed by atoms with Gasteiger partial charge in [-0.2, -0.15) is 0 Å². The van der Waals surface area contributed by atoms with E-state index in [0.29, 0.717) is 0 Å². The summed E-state index contributed by atoms with van der Waals surface area (Å²) in [5.74, 6) is -0.197. The fourth-order valence-electron chi connectivity index (χ4n) is 2.01. The molecule has 0 aliphatic rings. The van der Waals surface area contributed by atoms with E-state index in [1.807, 2.05) is 0 Å². The van der Waals surface area contributed by atoms with Gasteiger partial charge in [0.05, 0.1) is 6.04 Å². The smallest absolute Gasteiger partial charge is 0.124 e. The van der Waals surface area contributed by atoms with Gasteiger partial charge in [-0.05, 0) is 47.5 Å². The van der Waals surface area contributed by atoms with Crippen molar-refractivity contribution >= 4 is 32.8 Å². The quantitative estimate of drug-likeness (QED) is 0.735. The van der Waals surface area contributed by atoms with Crippen LogP contribution in [0.3, 0.4) is 0 Å². The third-order valence-electron chi connectivity index (χ3n) is 2.99. The number of nitrogens with two attached hydrogens (primary N) is 1. The third kappa shape index (κ3) is 1.96. The SMILES string of the molecule is Cc1ccsc1C(N)c1cc2ccc(F)cc2s1. The number of hydrogen-bond acceptors (Lipinski definition) is 3. The molecule has 92 valence electrons. The van der Waals surface area contributed by atoms with Crippen molar-refractivity contribution in [1.82, 2.24) is 0 Å². The summed E-state index contributed by atoms with van der Waals surface area (Å²) in [6.45, 7) is 2.07. The van der Waals surface area contributed by atoms with E-state index >= 15 is 0 Å². The first-order chi connectivity index (χ1) is 8.65. The molecule has 1 unspecified atom stereocenters. The summed E-state index contributed by atoms with van der Waals surface area (Å²) in [5.41, 5.74) is 7.51. The Labute approximate surface area is 113 Å². The first kappa shape index (κ1) is 11.8. The Morgan fingerprint density at radius 1 is 1.22 bits per heavy atom. The summed E-state index contributed by atoms with van der Waals surface area (Å²) >= 11 is 3.24. The monoisotopic (exact) mass is 277 g/mol. The molecule has 3 aromatic rings. The molecule has 0 radical (unpaired) electrons. The van der Waals surface area contributed by atoms with Crippen molar-refractivity contribution in [3.05, 3.63) is 56.8 Å². The van der Waals surface area contributed by atoms with Crippen LogP contribution in [-0.4, -0.2) is 0 Å². The molecular formula is C14H12FNS2. The van der Waals surface area contributed by atoms with Crippen molar-refractivity contribution in [2.24, 2.45) is 5.73 Å². The predicted octanol–water partition coefficient (Wildman–Crippen LogP) is 4.46. The van der Waals surface area contributed by atoms with Gasteiger partial charge in [0.25, 0.3) is 0 Å². The molecule has 1 aromatic carbocycles. The minimum Gasteiger partial charge on any atom is -0.319 e. The second-order valence-corrected chi connectivity index (χ2v) is 6.34. The first-order valence-electron chi connectivity index (χ1n) is 5.64. The molecule has 0 aliphatic heterocycles. The molecule has 2 aromatic heterocycles. The van der Waals surface area contributed by atoms with Crippen molar-refractivity contribution in [2.45, 2.75) is 13.0 Å². The second kappa shape index (κ2) is 4.46. The number of rotatable bonds is 2. The number of thiophene rings is 2. The van der Waals surface area contributed by atoms with Gasteiger partial charge in [0, 0.05) is 14.5 Å². The van der Waals surface area contributed by atoms with Gasteiger partial charge in [-0.1, -0.05) is 6.07 Å². The van der Waals surface area contributed by atoms with Crippen LogP contribution in [0.5, 0.6) is 0 Å². The summed E-state index contributed by atoms with van der Waals surface area (Å²) < 4.78 is 14.1. The molecule has 0 fully saturated rings. The maximum atomic E-state index is 13.2. The van der Waals surface area contributed by atoms with E-state index in [9.17, 15) is 4.39 Å². The molecule has 4 heteroatoms. The zero-order chi connectivity index (χ0) is 12.7. The zero-order valence-corrected chi connectivity index (χ0v) is 11.4. The van der Waals surface area contributed by atoms with Crippen LogP contribution in [0, 0.1) is 12.7 Å². The first-order valence-corrected chi connectivity index (χ1v) is 7.33. The number of hydrogen-bond donors (Lipinski definition) is 1. The minimum absolute atomic E-state index is 0.106. The zero-order valence-electron chi connectivity index (χ0n) is 9.81. The molecule has 2 N–H and O–H groups in total. The number of halogens is 1. The highest BCUT2D eigenvalue weighted by molar-refractivity contribution is 7.19. The topological polar surface area (TPSA) is 26.0 Å². The molecule has 0 saturated heterocycles. The molecule has 18 heavy (non-hydrogen) atoms. The highest BCUT2D eigenvalue weighted by Crippen LogP contribution is 2.35. The van der Waals surface area contributed by atoms with E-state index in [2.05, 4.69) is 24.4 Å². The van der Waals surface area contributed by atoms with Crippen LogP contribution >= 0.6 is 22.7 Å². The summed E-state index contributed by atoms with van der Waals surface area (Å²) in [6.07, 6.45) is 0. The Balaban J connectivity index is 2.07. The van der Waals surface area contributed by atoms with E-state index in [1.165, 1.54) is 16.5 Å². The van der Waals surface area contributed by atoms with Gasteiger partial charge in [-0.3, -0.25) is 0 Å². The van der Waals surface area contributed by atoms with Crippen LogP contribution in [0.15, 0.2) is 35.7 Å². The second-order valence-electron chi connectivity index (χ2n) is 4.28. The summed E-state index contributed by atoms with van der Waals surface area (Å²) in [7, 11) is 0. The lowest BCUT2D eigenvalue weighted by molar-refractivity contribution is 0.630. The van der Waals surface area contributed by atoms with Gasteiger partial charge in [0.2, 0.25) is 0 Å². The molecule has 2 heterocycles. The molecule has 0 aliphatic carbocycles. The Morgan fingerprint density at radius 2 is 2.06 bits per heavy atom. The Kier molecular flexibility index (Phi) is 2.93. The Hall–Kier alpha value is -1.23. The summed E-state index contributed by atoms with van der Waals surface area (Å²) in [6, 6.07) is 8.89. The fraction of sp³-hybridized carbons (Fsp3) is 0.143. The number of fused-ring (bicyclic) bond motifs is 1. The van der Waals surface area contributed by atoms with Crippen molar-refractivity contribution in [1.29, 1.82) is 0 Å². The van der Waals surface area contributed by atoms with Gasteiger partial charge < -0.3 is 5.73 Å². The van der Waals surface area contributed by atoms with Crippen LogP contribution in [-0.2, 0) is 0 Å². The van der Waals surface area contributed by atoms with Crippen LogP contribution in [0.4, 0.5) is 4.39 Å². The van der Waals surface area contributed by atoms with E-state index in [-0.39, 0.29) is 11.9 Å². The maximum absolute atomic E-state index is 13.2. The molecule has 0 amide bonds. The number of benzene rings is 1. The summed E-state index contributed by atoms with van der Waals surface area (Å²) in [4.78, 5) is 2.27. The highest BCUT2D eigenvalue weighted by atomic mass is 32.1. The van der Waals surface area contributed by atoms with Crippen molar-refractivity contribution in [3.63, 3.8) is 0 Å². The van der Waals surface area contributed by atoms with Gasteiger partial charge in [-0.25, -0.2) is 4.39 Å². The Bertz CT molecular complexity index is 699. The molecule has 0 bridgehead atoms. The lowest BCUT2D eigenvalue weighted by atomic mass is 10.1. The molecule has 0 spiro atoms. The van der Waals surface area contributed by atoms with Crippen molar-refractivity contribution < 1.29 is 4.39 Å². The van der Waals surface area contributed by atoms with Crippen LogP contribution < -0.4 is 5.73 Å². The molecule has 1 atom stereocenters.